The molecule has 8 nitrogen and oxygen atoms in total. The summed E-state index contributed by atoms with van der Waals surface area (Å²) in [7, 11) is -4.32. The molecule has 4 rings (SSSR count). The fraction of sp³-hybridized carbons (Fsp3) is 0.484. The second-order valence-corrected chi connectivity index (χ2v) is 19.1. The number of ether oxygens (including phenoxy) is 1. The van der Waals surface area contributed by atoms with Crippen molar-refractivity contribution in [1.29, 1.82) is 0 Å². The van der Waals surface area contributed by atoms with Gasteiger partial charge in [-0.05, 0) is 50.0 Å². The number of hydrogen-bond acceptors (Lipinski definition) is 5. The van der Waals surface area contributed by atoms with Crippen molar-refractivity contribution < 1.29 is 13.4 Å². The van der Waals surface area contributed by atoms with Gasteiger partial charge in [0.15, 0.2) is 0 Å². The first-order chi connectivity index (χ1) is 19.1. The van der Waals surface area contributed by atoms with Crippen LogP contribution in [0, 0.1) is 6.92 Å². The molecule has 0 aliphatic carbocycles. The summed E-state index contributed by atoms with van der Waals surface area (Å²) in [6.07, 6.45) is 0.296. The van der Waals surface area contributed by atoms with Gasteiger partial charge in [0.25, 0.3) is 13.9 Å². The molecule has 0 radical (unpaired) electrons. The van der Waals surface area contributed by atoms with Crippen LogP contribution in [0.25, 0.3) is 0 Å². The Hall–Kier alpha value is -2.63. The maximum atomic E-state index is 13.1. The number of nitrogens with zero attached hydrogens (tertiary/aromatic N) is 1. The predicted octanol–water partition coefficient (Wildman–Crippen LogP) is 3.52. The molecule has 0 amide bonds. The molecule has 0 bridgehead atoms. The van der Waals surface area contributed by atoms with Crippen LogP contribution in [0.15, 0.2) is 76.4 Å². The Labute approximate surface area is 246 Å². The van der Waals surface area contributed by atoms with Crippen molar-refractivity contribution in [3.8, 4) is 0 Å². The Balaban J connectivity index is 1.84. The lowest BCUT2D eigenvalue weighted by Gasteiger charge is -2.45. The van der Waals surface area contributed by atoms with E-state index in [1.54, 1.807) is 13.1 Å². The molecule has 2 aromatic carbocycles. The smallest absolute Gasteiger partial charge is 0.330 e. The zero-order valence-electron chi connectivity index (χ0n) is 25.3. The van der Waals surface area contributed by atoms with E-state index in [4.69, 9.17) is 9.16 Å². The van der Waals surface area contributed by atoms with E-state index in [-0.39, 0.29) is 11.1 Å². The van der Waals surface area contributed by atoms with Crippen LogP contribution >= 0.6 is 0 Å². The first-order valence-corrected chi connectivity index (χ1v) is 17.2. The van der Waals surface area contributed by atoms with Crippen molar-refractivity contribution in [2.75, 3.05) is 0 Å². The maximum Gasteiger partial charge on any atom is 0.330 e. The highest BCUT2D eigenvalue weighted by molar-refractivity contribution is 7.84. The van der Waals surface area contributed by atoms with Gasteiger partial charge in [-0.1, -0.05) is 81.4 Å². The van der Waals surface area contributed by atoms with Crippen molar-refractivity contribution in [2.24, 2.45) is 0 Å². The molecule has 3 aromatic rings. The Morgan fingerprint density at radius 1 is 1.00 bits per heavy atom. The van der Waals surface area contributed by atoms with Crippen molar-refractivity contribution in [3.05, 3.63) is 93.3 Å². The molecule has 41 heavy (non-hydrogen) atoms. The molecule has 1 aliphatic heterocycles. The lowest BCUT2D eigenvalue weighted by atomic mass is 10.1. The number of aromatic amines is 1. The predicted molar refractivity (Wildman–Crippen MR) is 168 cm³/mol. The Morgan fingerprint density at radius 2 is 1.54 bits per heavy atom. The van der Waals surface area contributed by atoms with E-state index < -0.39 is 53.7 Å². The van der Waals surface area contributed by atoms with Gasteiger partial charge in [-0.3, -0.25) is 14.3 Å². The molecule has 1 aromatic heterocycles. The molecule has 1 fully saturated rings. The molecule has 0 unspecified atom stereocenters. The fourth-order valence-electron chi connectivity index (χ4n) is 5.52. The number of hydrogen-bond donors (Lipinski definition) is 2. The van der Waals surface area contributed by atoms with E-state index in [2.05, 4.69) is 54.7 Å². The molecule has 0 saturated carbocycles. The molecule has 1 aliphatic rings. The Kier molecular flexibility index (Phi) is 9.11. The van der Waals surface area contributed by atoms with E-state index in [0.717, 1.165) is 10.4 Å². The van der Waals surface area contributed by atoms with Gasteiger partial charge in [0.05, 0.1) is 21.8 Å². The second kappa shape index (κ2) is 11.9. The molecular formula is C31H43N3O5SSi. The number of aryl methyl sites for hydroxylation is 1. The van der Waals surface area contributed by atoms with Crippen LogP contribution in [-0.2, 0) is 20.1 Å². The van der Waals surface area contributed by atoms with Crippen LogP contribution in [0.1, 0.15) is 66.7 Å². The van der Waals surface area contributed by atoms with Gasteiger partial charge in [-0.25, -0.2) is 13.7 Å². The summed E-state index contributed by atoms with van der Waals surface area (Å²) < 4.78 is 31.4. The van der Waals surface area contributed by atoms with E-state index in [1.165, 1.54) is 4.57 Å². The van der Waals surface area contributed by atoms with Crippen molar-refractivity contribution in [2.45, 2.75) is 96.1 Å². The third kappa shape index (κ3) is 6.41. The first kappa shape index (κ1) is 31.3. The van der Waals surface area contributed by atoms with Gasteiger partial charge in [-0.2, -0.15) is 0 Å². The van der Waals surface area contributed by atoms with Gasteiger partial charge in [0, 0.05) is 24.2 Å². The minimum Gasteiger partial charge on any atom is -0.402 e. The zero-order chi connectivity index (χ0) is 30.2. The quantitative estimate of drug-likeness (QED) is 0.387. The van der Waals surface area contributed by atoms with E-state index >= 15 is 0 Å². The van der Waals surface area contributed by atoms with E-state index in [0.29, 0.717) is 12.0 Å². The number of nitrogens with one attached hydrogen (secondary N) is 2. The summed E-state index contributed by atoms with van der Waals surface area (Å²) in [6.45, 7) is 16.0. The zero-order valence-corrected chi connectivity index (χ0v) is 27.1. The van der Waals surface area contributed by atoms with E-state index in [9.17, 15) is 13.8 Å². The molecule has 0 spiro atoms. The van der Waals surface area contributed by atoms with Crippen LogP contribution in [-0.4, -0.2) is 45.1 Å². The second-order valence-electron chi connectivity index (χ2n) is 12.9. The molecule has 2 N–H and O–H groups in total. The largest absolute Gasteiger partial charge is 0.402 e. The highest BCUT2D eigenvalue weighted by atomic mass is 32.2. The molecule has 222 valence electrons. The number of H-pyrrole nitrogens is 1. The van der Waals surface area contributed by atoms with Gasteiger partial charge in [0.1, 0.15) is 12.3 Å². The minimum absolute atomic E-state index is 0.269. The molecule has 2 heterocycles. The van der Waals surface area contributed by atoms with Gasteiger partial charge >= 0.3 is 5.69 Å². The third-order valence-electron chi connectivity index (χ3n) is 7.66. The van der Waals surface area contributed by atoms with Crippen LogP contribution < -0.4 is 26.3 Å². The molecule has 10 heteroatoms. The van der Waals surface area contributed by atoms with Crippen LogP contribution in [0.3, 0.4) is 0 Å². The van der Waals surface area contributed by atoms with Gasteiger partial charge in [-0.15, -0.1) is 0 Å². The highest BCUT2D eigenvalue weighted by Gasteiger charge is 2.54. The molecule has 1 saturated heterocycles. The molecule has 5 atom stereocenters. The standard InChI is InChI=1S/C31H43N3O5SSi/c1-21-20-34(29(36)32-28(21)35)26-19-25(27(38-26)22(2)33-40(37)30(3,4)5)39-41(31(6,7)8,23-15-11-9-12-16-23)24-17-13-10-14-18-24/h9-18,20,22,25-27,33H,19H2,1-8H3,(H,32,35,36)/t22-,25-,26+,27+,40-/m0/s1. The minimum atomic E-state index is -2.97. The van der Waals surface area contributed by atoms with Crippen LogP contribution in [0.4, 0.5) is 0 Å². The third-order valence-corrected chi connectivity index (χ3v) is 14.4. The summed E-state index contributed by atoms with van der Waals surface area (Å²) in [5, 5.41) is 2.00. The molecular weight excluding hydrogens is 555 g/mol. The Morgan fingerprint density at radius 3 is 2.02 bits per heavy atom. The lowest BCUT2D eigenvalue weighted by Crippen LogP contribution is -2.68. The number of rotatable bonds is 8. The lowest BCUT2D eigenvalue weighted by molar-refractivity contribution is -0.0299. The number of aromatic nitrogens is 2. The first-order valence-electron chi connectivity index (χ1n) is 14.1. The SMILES string of the molecule is Cc1cn([C@H]2C[C@H](O[Si](c3ccccc3)(c3ccccc3)C(C)(C)C)[C@@H]([C@H](C)N[S@@](=O)C(C)(C)C)O2)c(=O)[nH]c1=O. The average molecular weight is 598 g/mol. The topological polar surface area (TPSA) is 102 Å². The van der Waals surface area contributed by atoms with Crippen molar-refractivity contribution in [3.63, 3.8) is 0 Å². The monoisotopic (exact) mass is 597 g/mol. The summed E-state index contributed by atoms with van der Waals surface area (Å²) in [6, 6.07) is 20.4. The maximum absolute atomic E-state index is 13.1. The van der Waals surface area contributed by atoms with Crippen molar-refractivity contribution >= 4 is 29.7 Å². The van der Waals surface area contributed by atoms with Crippen molar-refractivity contribution in [1.82, 2.24) is 14.3 Å². The van der Waals surface area contributed by atoms with E-state index in [1.807, 2.05) is 64.1 Å². The summed E-state index contributed by atoms with van der Waals surface area (Å²) >= 11 is 0. The highest BCUT2D eigenvalue weighted by Crippen LogP contribution is 2.41. The fourth-order valence-corrected chi connectivity index (χ4v) is 11.0. The Bertz CT molecular complexity index is 1440. The van der Waals surface area contributed by atoms with Gasteiger partial charge in [0.2, 0.25) is 0 Å². The normalized spacial score (nSPS) is 21.5. The van der Waals surface area contributed by atoms with Gasteiger partial charge < -0.3 is 9.16 Å². The average Bonchev–Trinajstić information content (AvgIpc) is 3.32. The number of benzene rings is 2. The summed E-state index contributed by atoms with van der Waals surface area (Å²) in [5.41, 5.74) is -0.535. The summed E-state index contributed by atoms with van der Waals surface area (Å²) in [4.78, 5) is 27.4. The van der Waals surface area contributed by atoms with Crippen LogP contribution in [0.5, 0.6) is 0 Å². The summed E-state index contributed by atoms with van der Waals surface area (Å²) in [5.74, 6) is 0. The van der Waals surface area contributed by atoms with Crippen LogP contribution in [0.2, 0.25) is 5.04 Å².